The third-order valence-electron chi connectivity index (χ3n) is 8.17. The zero-order valence-corrected chi connectivity index (χ0v) is 23.4. The molecule has 0 saturated carbocycles. The molecule has 3 saturated heterocycles. The molecular formula is C32H31F3N2O3S. The van der Waals surface area contributed by atoms with Crippen LogP contribution in [0, 0.1) is 0 Å². The molecule has 3 fully saturated rings. The Morgan fingerprint density at radius 2 is 1.10 bits per heavy atom. The summed E-state index contributed by atoms with van der Waals surface area (Å²) in [7, 11) is -3.60. The molecule has 0 aliphatic carbocycles. The molecule has 0 spiro atoms. The molecule has 3 aliphatic rings. The van der Waals surface area contributed by atoms with E-state index in [4.69, 9.17) is 13.0 Å². The first-order valence-corrected chi connectivity index (χ1v) is 14.8. The number of quaternary nitrogens is 1. The molecule has 2 atom stereocenters. The van der Waals surface area contributed by atoms with Crippen molar-refractivity contribution in [2.45, 2.75) is 17.6 Å². The number of likely N-dealkylation sites (N-methyl/N-ethyl adjacent to an activating group) is 1. The molecule has 5 nitrogen and oxygen atoms in total. The van der Waals surface area contributed by atoms with Crippen molar-refractivity contribution in [2.75, 3.05) is 33.2 Å². The summed E-state index contributed by atoms with van der Waals surface area (Å²) < 4.78 is 60.0. The van der Waals surface area contributed by atoms with Crippen molar-refractivity contribution in [3.05, 3.63) is 120 Å². The molecule has 4 aromatic rings. The summed E-state index contributed by atoms with van der Waals surface area (Å²) in [6.45, 7) is 4.73. The molecule has 0 radical (unpaired) electrons. The smallest absolute Gasteiger partial charge is 0.485 e. The fraction of sp³-hybridized carbons (Fsp3) is 0.250. The van der Waals surface area contributed by atoms with Crippen LogP contribution in [0.5, 0.6) is 0 Å². The Morgan fingerprint density at radius 1 is 0.707 bits per heavy atom. The van der Waals surface area contributed by atoms with Crippen LogP contribution in [-0.4, -0.2) is 61.1 Å². The Bertz CT molecular complexity index is 1590. The van der Waals surface area contributed by atoms with Gasteiger partial charge in [-0.05, 0) is 27.8 Å². The lowest BCUT2D eigenvalue weighted by molar-refractivity contribution is -0.958. The van der Waals surface area contributed by atoms with E-state index in [1.807, 2.05) is 0 Å². The maximum absolute atomic E-state index is 10.7. The Morgan fingerprint density at radius 3 is 1.56 bits per heavy atom. The van der Waals surface area contributed by atoms with Gasteiger partial charge in [0, 0.05) is 18.7 Å². The third kappa shape index (κ3) is 5.94. The Balaban J connectivity index is 0.000000372. The van der Waals surface area contributed by atoms with E-state index in [0.717, 1.165) is 17.6 Å². The van der Waals surface area contributed by atoms with Crippen molar-refractivity contribution in [3.8, 4) is 22.3 Å². The second-order valence-corrected chi connectivity index (χ2v) is 12.0. The van der Waals surface area contributed by atoms with Crippen LogP contribution in [0.1, 0.15) is 23.2 Å². The van der Waals surface area contributed by atoms with E-state index < -0.39 is 15.6 Å². The number of alkyl halides is 3. The number of rotatable bonds is 4. The topological polar surface area (TPSA) is 60.4 Å². The number of piperazine rings is 3. The summed E-state index contributed by atoms with van der Waals surface area (Å²) in [5.74, 6) is 0. The summed E-state index contributed by atoms with van der Waals surface area (Å²) in [5, 5.41) is 0. The lowest BCUT2D eigenvalue weighted by Gasteiger charge is -2.58. The maximum Gasteiger partial charge on any atom is 0.485 e. The van der Waals surface area contributed by atoms with E-state index in [2.05, 4.69) is 121 Å². The van der Waals surface area contributed by atoms with E-state index in [-0.39, 0.29) is 0 Å². The average Bonchev–Trinajstić information content (AvgIpc) is 2.97. The molecule has 0 unspecified atom stereocenters. The van der Waals surface area contributed by atoms with Crippen LogP contribution in [0.2, 0.25) is 0 Å². The number of nitrogens with zero attached hydrogens (tertiary/aromatic N) is 2. The molecule has 0 N–H and O–H groups in total. The number of halogens is 3. The molecule has 2 bridgehead atoms. The largest absolute Gasteiger partial charge is 0.741 e. The lowest BCUT2D eigenvalue weighted by atomic mass is 9.79. The second kappa shape index (κ2) is 11.4. The molecule has 3 aliphatic heterocycles. The summed E-state index contributed by atoms with van der Waals surface area (Å²) in [6, 6.07) is 40.8. The van der Waals surface area contributed by atoms with Gasteiger partial charge < -0.3 is 9.04 Å². The van der Waals surface area contributed by atoms with Gasteiger partial charge in [-0.2, -0.15) is 13.2 Å². The first-order chi connectivity index (χ1) is 19.5. The van der Waals surface area contributed by atoms with Crippen LogP contribution < -0.4 is 0 Å². The van der Waals surface area contributed by atoms with Gasteiger partial charge in [0.15, 0.2) is 10.1 Å². The van der Waals surface area contributed by atoms with Crippen molar-refractivity contribution < 1.29 is 30.6 Å². The van der Waals surface area contributed by atoms with Gasteiger partial charge in [-0.25, -0.2) is 8.42 Å². The Kier molecular flexibility index (Phi) is 8.07. The number of benzene rings is 4. The minimum atomic E-state index is -6.09. The van der Waals surface area contributed by atoms with Gasteiger partial charge in [-0.15, -0.1) is 0 Å². The zero-order valence-electron chi connectivity index (χ0n) is 22.5. The van der Waals surface area contributed by atoms with Gasteiger partial charge in [-0.3, -0.25) is 4.90 Å². The zero-order chi connectivity index (χ0) is 29.3. The quantitative estimate of drug-likeness (QED) is 0.155. The second-order valence-electron chi connectivity index (χ2n) is 10.7. The average molecular weight is 581 g/mol. The van der Waals surface area contributed by atoms with Gasteiger partial charge in [0.1, 0.15) is 6.04 Å². The number of fused-ring (bicyclic) bond motifs is 3. The van der Waals surface area contributed by atoms with E-state index in [1.165, 1.54) is 46.5 Å². The van der Waals surface area contributed by atoms with Gasteiger partial charge in [-0.1, -0.05) is 109 Å². The van der Waals surface area contributed by atoms with Crippen LogP contribution in [0.3, 0.4) is 0 Å². The molecule has 3 heterocycles. The Labute approximate surface area is 238 Å². The van der Waals surface area contributed by atoms with Crippen LogP contribution in [-0.2, 0) is 10.1 Å². The van der Waals surface area contributed by atoms with E-state index >= 15 is 0 Å². The van der Waals surface area contributed by atoms with Crippen LogP contribution in [0.4, 0.5) is 13.2 Å². The maximum atomic E-state index is 10.7. The first-order valence-electron chi connectivity index (χ1n) is 13.4. The van der Waals surface area contributed by atoms with Gasteiger partial charge >= 0.3 is 5.51 Å². The van der Waals surface area contributed by atoms with Crippen molar-refractivity contribution >= 4 is 10.1 Å². The SMILES string of the molecule is C[N+]12CCN(CC1)[C@H](c1ccccc1-c1ccccc1)[C@@H]2c1ccccc1-c1ccccc1.O=S(=O)([O-])C(F)(F)F. The van der Waals surface area contributed by atoms with Crippen molar-refractivity contribution in [2.24, 2.45) is 0 Å². The van der Waals surface area contributed by atoms with Crippen molar-refractivity contribution in [1.29, 1.82) is 0 Å². The molecule has 4 aromatic carbocycles. The van der Waals surface area contributed by atoms with Crippen molar-refractivity contribution in [3.63, 3.8) is 0 Å². The van der Waals surface area contributed by atoms with Crippen LogP contribution in [0.15, 0.2) is 109 Å². The fourth-order valence-electron chi connectivity index (χ4n) is 6.18. The van der Waals surface area contributed by atoms with E-state index in [0.29, 0.717) is 12.1 Å². The van der Waals surface area contributed by atoms with Crippen LogP contribution in [0.25, 0.3) is 22.3 Å². The molecule has 0 aromatic heterocycles. The third-order valence-corrected chi connectivity index (χ3v) is 8.74. The highest BCUT2D eigenvalue weighted by molar-refractivity contribution is 7.86. The highest BCUT2D eigenvalue weighted by Crippen LogP contribution is 2.51. The minimum absolute atomic E-state index is 0.360. The van der Waals surface area contributed by atoms with Gasteiger partial charge in [0.2, 0.25) is 0 Å². The first kappa shape index (κ1) is 29.0. The fourth-order valence-corrected chi connectivity index (χ4v) is 6.18. The standard InChI is InChI=1S/C31H31N2.CHF3O3S/c1-33-22-20-32(21-23-33)30(28-18-10-8-16-26(28)24-12-4-2-5-13-24)31(33)29-19-11-9-17-27(29)25-14-6-3-7-15-25;2-1(3,4)8(5,6)7/h2-19,30-31H,20-23H2,1H3;(H,5,6,7)/q+1;/p-1/t30-,31+;/m1./s1. The molecule has 0 amide bonds. The molecule has 41 heavy (non-hydrogen) atoms. The minimum Gasteiger partial charge on any atom is -0.741 e. The molecular weight excluding hydrogens is 549 g/mol. The van der Waals surface area contributed by atoms with Crippen LogP contribution >= 0.6 is 0 Å². The summed E-state index contributed by atoms with van der Waals surface area (Å²) in [5.41, 5.74) is 2.65. The highest BCUT2D eigenvalue weighted by atomic mass is 32.2. The monoisotopic (exact) mass is 580 g/mol. The summed E-state index contributed by atoms with van der Waals surface area (Å²) >= 11 is 0. The Hall–Kier alpha value is -3.50. The normalized spacial score (nSPS) is 23.9. The predicted molar refractivity (Wildman–Crippen MR) is 152 cm³/mol. The number of hydrogen-bond donors (Lipinski definition) is 0. The van der Waals surface area contributed by atoms with Gasteiger partial charge in [0.25, 0.3) is 0 Å². The van der Waals surface area contributed by atoms with E-state index in [9.17, 15) is 13.2 Å². The van der Waals surface area contributed by atoms with Gasteiger partial charge in [0.05, 0.1) is 26.2 Å². The predicted octanol–water partition coefficient (Wildman–Crippen LogP) is 6.63. The highest BCUT2D eigenvalue weighted by Gasteiger charge is 2.52. The summed E-state index contributed by atoms with van der Waals surface area (Å²) in [4.78, 5) is 2.75. The summed E-state index contributed by atoms with van der Waals surface area (Å²) in [6.07, 6.45) is 0. The molecule has 9 heteroatoms. The number of hydrogen-bond acceptors (Lipinski definition) is 4. The van der Waals surface area contributed by atoms with Crippen molar-refractivity contribution in [1.82, 2.24) is 4.90 Å². The lowest BCUT2D eigenvalue weighted by Crippen LogP contribution is -2.67. The van der Waals surface area contributed by atoms with E-state index in [1.54, 1.807) is 0 Å². The molecule has 214 valence electrons. The molecule has 7 rings (SSSR count).